The zero-order chi connectivity index (χ0) is 9.68. The van der Waals surface area contributed by atoms with E-state index in [4.69, 9.17) is 11.2 Å². The van der Waals surface area contributed by atoms with Gasteiger partial charge in [-0.2, -0.15) is 0 Å². The van der Waals surface area contributed by atoms with Gasteiger partial charge in [0.2, 0.25) is 5.91 Å². The average molecular weight is 181 g/mol. The van der Waals surface area contributed by atoms with Gasteiger partial charge in [-0.3, -0.25) is 4.79 Å². The second-order valence-corrected chi connectivity index (χ2v) is 3.32. The fraction of sp³-hybridized carbons (Fsp3) is 0.700. The first-order valence-corrected chi connectivity index (χ1v) is 4.57. The van der Waals surface area contributed by atoms with Gasteiger partial charge >= 0.3 is 0 Å². The minimum atomic E-state index is 0.0211. The summed E-state index contributed by atoms with van der Waals surface area (Å²) in [5.41, 5.74) is 0. The van der Waals surface area contributed by atoms with E-state index in [0.717, 1.165) is 6.42 Å². The van der Waals surface area contributed by atoms with Crippen LogP contribution < -0.4 is 5.32 Å². The Morgan fingerprint density at radius 1 is 1.77 bits per heavy atom. The number of nitrogens with one attached hydrogen (secondary N) is 1. The summed E-state index contributed by atoms with van der Waals surface area (Å²) in [6, 6.07) is 0. The van der Waals surface area contributed by atoms with E-state index in [1.54, 1.807) is 0 Å². The van der Waals surface area contributed by atoms with E-state index < -0.39 is 0 Å². The Morgan fingerprint density at radius 2 is 2.54 bits per heavy atom. The maximum atomic E-state index is 11.4. The van der Waals surface area contributed by atoms with Crippen LogP contribution in [-0.2, 0) is 9.53 Å². The van der Waals surface area contributed by atoms with Gasteiger partial charge in [0.15, 0.2) is 0 Å². The molecule has 0 aromatic carbocycles. The quantitative estimate of drug-likeness (QED) is 0.510. The molecule has 72 valence electrons. The molecule has 2 unspecified atom stereocenters. The smallest absolute Gasteiger partial charge is 0.225 e. The Kier molecular flexibility index (Phi) is 3.78. The summed E-state index contributed by atoms with van der Waals surface area (Å²) in [5.74, 6) is 2.57. The fourth-order valence-corrected chi connectivity index (χ4v) is 1.40. The summed E-state index contributed by atoms with van der Waals surface area (Å²) in [7, 11) is 0. The standard InChI is InChI=1S/C10H15NO2/c1-3-4-5-11-10(12)9-6-8(2)13-7-9/h1,8-9H,4-7H2,2H3,(H,11,12). The Balaban J connectivity index is 2.21. The monoisotopic (exact) mass is 181 g/mol. The molecule has 3 nitrogen and oxygen atoms in total. The Bertz CT molecular complexity index is 219. The third-order valence-corrected chi connectivity index (χ3v) is 2.14. The maximum absolute atomic E-state index is 11.4. The van der Waals surface area contributed by atoms with Gasteiger partial charge in [0.05, 0.1) is 18.6 Å². The molecule has 1 rings (SSSR count). The number of ether oxygens (including phenoxy) is 1. The van der Waals surface area contributed by atoms with Crippen molar-refractivity contribution in [2.45, 2.75) is 25.9 Å². The number of carbonyl (C=O) groups is 1. The number of carbonyl (C=O) groups excluding carboxylic acids is 1. The molecule has 1 saturated heterocycles. The van der Waals surface area contributed by atoms with Crippen LogP contribution in [-0.4, -0.2) is 25.2 Å². The van der Waals surface area contributed by atoms with Gasteiger partial charge in [-0.25, -0.2) is 0 Å². The summed E-state index contributed by atoms with van der Waals surface area (Å²) < 4.78 is 5.29. The zero-order valence-corrected chi connectivity index (χ0v) is 7.88. The SMILES string of the molecule is C#CCCNC(=O)C1COC(C)C1. The third kappa shape index (κ3) is 3.08. The molecule has 1 aliphatic heterocycles. The zero-order valence-electron chi connectivity index (χ0n) is 7.88. The van der Waals surface area contributed by atoms with Crippen molar-refractivity contribution in [1.29, 1.82) is 0 Å². The molecule has 13 heavy (non-hydrogen) atoms. The molecule has 0 aromatic rings. The largest absolute Gasteiger partial charge is 0.378 e. The summed E-state index contributed by atoms with van der Waals surface area (Å²) in [6.07, 6.45) is 6.69. The third-order valence-electron chi connectivity index (χ3n) is 2.14. The number of terminal acetylenes is 1. The van der Waals surface area contributed by atoms with E-state index in [1.807, 2.05) is 6.92 Å². The Morgan fingerprint density at radius 3 is 3.08 bits per heavy atom. The first kappa shape index (κ1) is 10.1. The highest BCUT2D eigenvalue weighted by Crippen LogP contribution is 2.18. The lowest BCUT2D eigenvalue weighted by Gasteiger charge is -2.07. The van der Waals surface area contributed by atoms with Crippen LogP contribution in [0, 0.1) is 18.3 Å². The van der Waals surface area contributed by atoms with Crippen molar-refractivity contribution in [3.8, 4) is 12.3 Å². The van der Waals surface area contributed by atoms with Gasteiger partial charge in [0.25, 0.3) is 0 Å². The first-order chi connectivity index (χ1) is 6.24. The number of hydrogen-bond acceptors (Lipinski definition) is 2. The van der Waals surface area contributed by atoms with E-state index in [2.05, 4.69) is 11.2 Å². The van der Waals surface area contributed by atoms with Crippen molar-refractivity contribution >= 4 is 5.91 Å². The summed E-state index contributed by atoms with van der Waals surface area (Å²) in [6.45, 7) is 3.10. The van der Waals surface area contributed by atoms with Gasteiger partial charge in [0, 0.05) is 13.0 Å². The molecule has 1 fully saturated rings. The van der Waals surface area contributed by atoms with Gasteiger partial charge < -0.3 is 10.1 Å². The molecular formula is C10H15NO2. The van der Waals surface area contributed by atoms with Crippen molar-refractivity contribution in [3.05, 3.63) is 0 Å². The van der Waals surface area contributed by atoms with Gasteiger partial charge in [-0.05, 0) is 13.3 Å². The fourth-order valence-electron chi connectivity index (χ4n) is 1.40. The Hall–Kier alpha value is -1.01. The topological polar surface area (TPSA) is 38.3 Å². The highest BCUT2D eigenvalue weighted by molar-refractivity contribution is 5.79. The molecule has 0 radical (unpaired) electrons. The summed E-state index contributed by atoms with van der Waals surface area (Å²) in [5, 5.41) is 2.78. The molecule has 1 amide bonds. The van der Waals surface area contributed by atoms with Crippen LogP contribution in [0.1, 0.15) is 19.8 Å². The molecule has 2 atom stereocenters. The number of hydrogen-bond donors (Lipinski definition) is 1. The summed E-state index contributed by atoms with van der Waals surface area (Å²) >= 11 is 0. The normalized spacial score (nSPS) is 26.8. The summed E-state index contributed by atoms with van der Waals surface area (Å²) in [4.78, 5) is 11.4. The van der Waals surface area contributed by atoms with Gasteiger partial charge in [-0.15, -0.1) is 12.3 Å². The van der Waals surface area contributed by atoms with Crippen molar-refractivity contribution in [2.75, 3.05) is 13.2 Å². The van der Waals surface area contributed by atoms with Crippen LogP contribution in [0.3, 0.4) is 0 Å². The highest BCUT2D eigenvalue weighted by atomic mass is 16.5. The van der Waals surface area contributed by atoms with Crippen LogP contribution in [0.2, 0.25) is 0 Å². The molecule has 3 heteroatoms. The van der Waals surface area contributed by atoms with Crippen molar-refractivity contribution in [3.63, 3.8) is 0 Å². The average Bonchev–Trinajstić information content (AvgIpc) is 2.52. The second kappa shape index (κ2) is 4.88. The molecule has 0 aromatic heterocycles. The van der Waals surface area contributed by atoms with Crippen LogP contribution in [0.5, 0.6) is 0 Å². The second-order valence-electron chi connectivity index (χ2n) is 3.32. The van der Waals surface area contributed by atoms with Crippen LogP contribution in [0.15, 0.2) is 0 Å². The highest BCUT2D eigenvalue weighted by Gasteiger charge is 2.27. The molecule has 0 bridgehead atoms. The number of rotatable bonds is 3. The first-order valence-electron chi connectivity index (χ1n) is 4.57. The lowest BCUT2D eigenvalue weighted by atomic mass is 10.1. The van der Waals surface area contributed by atoms with Crippen LogP contribution >= 0.6 is 0 Å². The molecule has 1 N–H and O–H groups in total. The lowest BCUT2D eigenvalue weighted by Crippen LogP contribution is -2.31. The molecule has 1 aliphatic rings. The van der Waals surface area contributed by atoms with Gasteiger partial charge in [-0.1, -0.05) is 0 Å². The van der Waals surface area contributed by atoms with Crippen molar-refractivity contribution in [1.82, 2.24) is 5.32 Å². The predicted octanol–water partition coefficient (Wildman–Crippen LogP) is 0.551. The van der Waals surface area contributed by atoms with Crippen molar-refractivity contribution in [2.24, 2.45) is 5.92 Å². The Labute approximate surface area is 78.8 Å². The van der Waals surface area contributed by atoms with E-state index in [-0.39, 0.29) is 17.9 Å². The van der Waals surface area contributed by atoms with E-state index in [9.17, 15) is 4.79 Å². The van der Waals surface area contributed by atoms with Crippen LogP contribution in [0.4, 0.5) is 0 Å². The maximum Gasteiger partial charge on any atom is 0.225 e. The predicted molar refractivity (Wildman–Crippen MR) is 50.0 cm³/mol. The van der Waals surface area contributed by atoms with Crippen LogP contribution in [0.25, 0.3) is 0 Å². The lowest BCUT2D eigenvalue weighted by molar-refractivity contribution is -0.124. The molecule has 0 aliphatic carbocycles. The van der Waals surface area contributed by atoms with Crippen molar-refractivity contribution < 1.29 is 9.53 Å². The minimum absolute atomic E-state index is 0.0211. The van der Waals surface area contributed by atoms with Gasteiger partial charge in [0.1, 0.15) is 0 Å². The molecule has 0 spiro atoms. The minimum Gasteiger partial charge on any atom is -0.378 e. The molecule has 1 heterocycles. The molecular weight excluding hydrogens is 166 g/mol. The van der Waals surface area contributed by atoms with E-state index in [0.29, 0.717) is 19.6 Å². The van der Waals surface area contributed by atoms with E-state index in [1.165, 1.54) is 0 Å². The van der Waals surface area contributed by atoms with E-state index >= 15 is 0 Å². The number of amides is 1. The molecule has 0 saturated carbocycles.